The third-order valence-corrected chi connectivity index (χ3v) is 3.31. The normalized spacial score (nSPS) is 12.8. The van der Waals surface area contributed by atoms with Gasteiger partial charge in [0.1, 0.15) is 5.54 Å². The lowest BCUT2D eigenvalue weighted by atomic mass is 10.0. The van der Waals surface area contributed by atoms with Crippen LogP contribution in [0.3, 0.4) is 0 Å². The summed E-state index contributed by atoms with van der Waals surface area (Å²) in [5, 5.41) is 9.10. The molecular weight excluding hydrogens is 244 g/mol. The lowest BCUT2D eigenvalue weighted by Gasteiger charge is -2.33. The van der Waals surface area contributed by atoms with Crippen molar-refractivity contribution in [3.8, 4) is 0 Å². The molecule has 0 saturated carbocycles. The van der Waals surface area contributed by atoms with Crippen LogP contribution in [0.25, 0.3) is 0 Å². The Labute approximate surface area is 113 Å². The molecule has 5 nitrogen and oxygen atoms in total. The number of carbonyl (C=O) groups is 2. The van der Waals surface area contributed by atoms with Gasteiger partial charge in [-0.1, -0.05) is 30.3 Å². The summed E-state index contributed by atoms with van der Waals surface area (Å²) in [5.41, 5.74) is 5.54. The maximum Gasteiger partial charge on any atom is 0.329 e. The van der Waals surface area contributed by atoms with Gasteiger partial charge in [-0.25, -0.2) is 4.79 Å². The number of aliphatic carboxylic acids is 1. The molecule has 0 fully saturated rings. The molecule has 0 aliphatic carbocycles. The lowest BCUT2D eigenvalue weighted by Crippen LogP contribution is -2.55. The number of amides is 1. The second-order valence-corrected chi connectivity index (χ2v) is 5.06. The highest BCUT2D eigenvalue weighted by molar-refractivity contribution is 5.88. The number of hydrogen-bond donors (Lipinski definition) is 2. The number of nitrogens with two attached hydrogens (primary N) is 1. The van der Waals surface area contributed by atoms with Gasteiger partial charge in [0, 0.05) is 7.05 Å². The summed E-state index contributed by atoms with van der Waals surface area (Å²) in [6, 6.07) is 8.65. The van der Waals surface area contributed by atoms with Crippen molar-refractivity contribution >= 4 is 11.9 Å². The summed E-state index contributed by atoms with van der Waals surface area (Å²) in [4.78, 5) is 24.4. The first-order valence-corrected chi connectivity index (χ1v) is 6.07. The number of hydrogen-bond acceptors (Lipinski definition) is 3. The molecule has 104 valence electrons. The molecule has 5 heteroatoms. The zero-order valence-corrected chi connectivity index (χ0v) is 11.5. The van der Waals surface area contributed by atoms with Gasteiger partial charge in [-0.2, -0.15) is 0 Å². The average molecular weight is 264 g/mol. The SMILES string of the molecule is CN(C(=O)[C@H](N)Cc1ccccc1)C(C)(C)C(=O)O. The van der Waals surface area contributed by atoms with Crippen molar-refractivity contribution in [2.24, 2.45) is 5.73 Å². The fraction of sp³-hybridized carbons (Fsp3) is 0.429. The molecule has 1 aromatic carbocycles. The van der Waals surface area contributed by atoms with E-state index in [4.69, 9.17) is 10.8 Å². The van der Waals surface area contributed by atoms with Gasteiger partial charge >= 0.3 is 5.97 Å². The maximum absolute atomic E-state index is 12.1. The fourth-order valence-electron chi connectivity index (χ4n) is 1.62. The van der Waals surface area contributed by atoms with Gasteiger partial charge in [0.15, 0.2) is 0 Å². The number of likely N-dealkylation sites (N-methyl/N-ethyl adjacent to an activating group) is 1. The second-order valence-electron chi connectivity index (χ2n) is 5.06. The highest BCUT2D eigenvalue weighted by Crippen LogP contribution is 2.14. The Morgan fingerprint density at radius 3 is 2.32 bits per heavy atom. The van der Waals surface area contributed by atoms with Crippen molar-refractivity contribution in [3.63, 3.8) is 0 Å². The summed E-state index contributed by atoms with van der Waals surface area (Å²) in [5.74, 6) is -1.44. The first-order chi connectivity index (χ1) is 8.76. The molecule has 3 N–H and O–H groups in total. The zero-order chi connectivity index (χ0) is 14.6. The number of benzene rings is 1. The van der Waals surface area contributed by atoms with Gasteiger partial charge in [0.05, 0.1) is 6.04 Å². The Hall–Kier alpha value is -1.88. The van der Waals surface area contributed by atoms with E-state index in [0.717, 1.165) is 5.56 Å². The third-order valence-electron chi connectivity index (χ3n) is 3.31. The van der Waals surface area contributed by atoms with Crippen molar-refractivity contribution in [2.75, 3.05) is 7.05 Å². The van der Waals surface area contributed by atoms with E-state index in [-0.39, 0.29) is 5.91 Å². The minimum atomic E-state index is -1.27. The van der Waals surface area contributed by atoms with Gasteiger partial charge in [0.2, 0.25) is 5.91 Å². The van der Waals surface area contributed by atoms with Crippen LogP contribution in [0, 0.1) is 0 Å². The standard InChI is InChI=1S/C14H20N2O3/c1-14(2,13(18)19)16(3)12(17)11(15)9-10-7-5-4-6-8-10/h4-8,11H,9,15H2,1-3H3,(H,18,19)/t11-/m1/s1. The van der Waals surface area contributed by atoms with Crippen molar-refractivity contribution in [1.82, 2.24) is 4.90 Å². The zero-order valence-electron chi connectivity index (χ0n) is 11.5. The Kier molecular flexibility index (Phi) is 4.67. The van der Waals surface area contributed by atoms with Crippen LogP contribution in [0.15, 0.2) is 30.3 Å². The molecule has 1 rings (SSSR count). The molecule has 1 aromatic rings. The summed E-state index contributed by atoms with van der Waals surface area (Å²) >= 11 is 0. The van der Waals surface area contributed by atoms with Gasteiger partial charge in [0.25, 0.3) is 0 Å². The number of rotatable bonds is 5. The summed E-state index contributed by atoms with van der Waals surface area (Å²) in [6.45, 7) is 2.95. The molecule has 0 spiro atoms. The van der Waals surface area contributed by atoms with E-state index in [1.165, 1.54) is 25.8 Å². The smallest absolute Gasteiger partial charge is 0.329 e. The first-order valence-electron chi connectivity index (χ1n) is 6.07. The minimum Gasteiger partial charge on any atom is -0.480 e. The van der Waals surface area contributed by atoms with E-state index in [1.807, 2.05) is 30.3 Å². The van der Waals surface area contributed by atoms with E-state index in [0.29, 0.717) is 6.42 Å². The predicted molar refractivity (Wildman–Crippen MR) is 72.6 cm³/mol. The van der Waals surface area contributed by atoms with Gasteiger partial charge in [-0.3, -0.25) is 4.79 Å². The van der Waals surface area contributed by atoms with Crippen molar-refractivity contribution in [1.29, 1.82) is 0 Å². The van der Waals surface area contributed by atoms with Crippen LogP contribution < -0.4 is 5.73 Å². The van der Waals surface area contributed by atoms with Crippen LogP contribution in [0.4, 0.5) is 0 Å². The molecule has 0 unspecified atom stereocenters. The fourth-order valence-corrected chi connectivity index (χ4v) is 1.62. The molecule has 0 heterocycles. The maximum atomic E-state index is 12.1. The van der Waals surface area contributed by atoms with E-state index in [1.54, 1.807) is 0 Å². The molecule has 1 amide bonds. The number of carboxylic acid groups (broad SMARTS) is 1. The van der Waals surface area contributed by atoms with Crippen LogP contribution in [0.1, 0.15) is 19.4 Å². The predicted octanol–water partition coefficient (Wildman–Crippen LogP) is 0.878. The quantitative estimate of drug-likeness (QED) is 0.827. The lowest BCUT2D eigenvalue weighted by molar-refractivity contribution is -0.155. The van der Waals surface area contributed by atoms with Crippen LogP contribution in [0.2, 0.25) is 0 Å². The summed E-state index contributed by atoms with van der Waals surface area (Å²) in [6.07, 6.45) is 0.389. The first kappa shape index (κ1) is 15.2. The van der Waals surface area contributed by atoms with Crippen LogP contribution in [-0.4, -0.2) is 40.5 Å². The number of nitrogens with zero attached hydrogens (tertiary/aromatic N) is 1. The highest BCUT2D eigenvalue weighted by atomic mass is 16.4. The highest BCUT2D eigenvalue weighted by Gasteiger charge is 2.36. The average Bonchev–Trinajstić information content (AvgIpc) is 2.37. The molecule has 19 heavy (non-hydrogen) atoms. The molecular formula is C14H20N2O3. The monoisotopic (exact) mass is 264 g/mol. The van der Waals surface area contributed by atoms with Crippen molar-refractivity contribution in [3.05, 3.63) is 35.9 Å². The van der Waals surface area contributed by atoms with Crippen LogP contribution in [-0.2, 0) is 16.0 Å². The Bertz CT molecular complexity index is 457. The summed E-state index contributed by atoms with van der Waals surface area (Å²) < 4.78 is 0. The summed E-state index contributed by atoms with van der Waals surface area (Å²) in [7, 11) is 1.46. The Balaban J connectivity index is 2.75. The van der Waals surface area contributed by atoms with E-state index < -0.39 is 17.6 Å². The van der Waals surface area contributed by atoms with Crippen molar-refractivity contribution in [2.45, 2.75) is 31.8 Å². The van der Waals surface area contributed by atoms with E-state index in [9.17, 15) is 9.59 Å². The Morgan fingerprint density at radius 2 is 1.84 bits per heavy atom. The molecule has 1 atom stereocenters. The second kappa shape index (κ2) is 5.84. The third kappa shape index (κ3) is 3.54. The molecule has 0 saturated heterocycles. The largest absolute Gasteiger partial charge is 0.480 e. The topological polar surface area (TPSA) is 83.6 Å². The van der Waals surface area contributed by atoms with Crippen molar-refractivity contribution < 1.29 is 14.7 Å². The van der Waals surface area contributed by atoms with Gasteiger partial charge in [-0.05, 0) is 25.8 Å². The molecule has 0 aliphatic heterocycles. The van der Waals surface area contributed by atoms with E-state index in [2.05, 4.69) is 0 Å². The van der Waals surface area contributed by atoms with Crippen LogP contribution >= 0.6 is 0 Å². The minimum absolute atomic E-state index is 0.378. The molecule has 0 aliphatic rings. The molecule has 0 radical (unpaired) electrons. The number of carboxylic acids is 1. The molecule has 0 aromatic heterocycles. The number of carbonyl (C=O) groups excluding carboxylic acids is 1. The van der Waals surface area contributed by atoms with Gasteiger partial charge < -0.3 is 15.7 Å². The van der Waals surface area contributed by atoms with E-state index >= 15 is 0 Å². The van der Waals surface area contributed by atoms with Crippen LogP contribution in [0.5, 0.6) is 0 Å². The van der Waals surface area contributed by atoms with Gasteiger partial charge in [-0.15, -0.1) is 0 Å². The molecule has 0 bridgehead atoms. The Morgan fingerprint density at radius 1 is 1.32 bits per heavy atom.